The number of fused-ring (bicyclic) bond motifs is 1. The number of aromatic nitrogens is 2. The Morgan fingerprint density at radius 1 is 1.30 bits per heavy atom. The molecule has 0 saturated carbocycles. The van der Waals surface area contributed by atoms with E-state index in [0.29, 0.717) is 25.6 Å². The average molecular weight is 366 g/mol. The molecule has 7 nitrogen and oxygen atoms in total. The third-order valence-corrected chi connectivity index (χ3v) is 6.15. The largest absolute Gasteiger partial charge is 0.369 e. The molecule has 3 atom stereocenters. The first-order chi connectivity index (χ1) is 13.1. The van der Waals surface area contributed by atoms with Gasteiger partial charge in [-0.2, -0.15) is 5.26 Å². The van der Waals surface area contributed by atoms with Crippen LogP contribution in [0.2, 0.25) is 0 Å². The van der Waals surface area contributed by atoms with E-state index in [0.717, 1.165) is 36.1 Å². The van der Waals surface area contributed by atoms with E-state index >= 15 is 0 Å². The van der Waals surface area contributed by atoms with Crippen molar-refractivity contribution in [2.24, 2.45) is 11.8 Å². The van der Waals surface area contributed by atoms with Gasteiger partial charge in [0.05, 0.1) is 12.0 Å². The minimum absolute atomic E-state index is 0.0187. The fourth-order valence-electron chi connectivity index (χ4n) is 4.40. The van der Waals surface area contributed by atoms with Crippen LogP contribution in [0.25, 0.3) is 11.0 Å². The van der Waals surface area contributed by atoms with E-state index in [4.69, 9.17) is 5.26 Å². The van der Waals surface area contributed by atoms with Crippen molar-refractivity contribution in [2.75, 3.05) is 38.1 Å². The van der Waals surface area contributed by atoms with E-state index in [-0.39, 0.29) is 18.0 Å². The molecule has 1 N–H and O–H groups in total. The molecule has 2 aromatic rings. The number of rotatable bonds is 2. The molecule has 7 heteroatoms. The Balaban J connectivity index is 1.51. The third-order valence-electron chi connectivity index (χ3n) is 6.15. The zero-order chi connectivity index (χ0) is 19.0. The molecule has 142 valence electrons. The number of nitrogens with zero attached hydrogens (tertiary/aromatic N) is 5. The second-order valence-electron chi connectivity index (χ2n) is 7.80. The van der Waals surface area contributed by atoms with E-state index in [2.05, 4.69) is 41.0 Å². The number of carbonyl (C=O) groups excluding carboxylic acids is 1. The van der Waals surface area contributed by atoms with Crippen molar-refractivity contribution in [3.05, 3.63) is 24.5 Å². The summed E-state index contributed by atoms with van der Waals surface area (Å²) in [5.74, 6) is 0.474. The Hall–Kier alpha value is -2.75. The number of H-pyrrole nitrogens is 1. The van der Waals surface area contributed by atoms with E-state index in [1.54, 1.807) is 0 Å². The normalized spacial score (nSPS) is 25.6. The van der Waals surface area contributed by atoms with Crippen LogP contribution in [0.3, 0.4) is 0 Å². The smallest absolute Gasteiger partial charge is 0.320 e. The van der Waals surface area contributed by atoms with Crippen molar-refractivity contribution < 1.29 is 4.79 Å². The van der Waals surface area contributed by atoms with Gasteiger partial charge in [0.25, 0.3) is 0 Å². The molecule has 0 unspecified atom stereocenters. The summed E-state index contributed by atoms with van der Waals surface area (Å²) in [6.07, 6.45) is 5.51. The molecular formula is C20H26N6O. The number of hydrogen-bond acceptors (Lipinski definition) is 4. The number of nitriles is 1. The molecule has 2 fully saturated rings. The topological polar surface area (TPSA) is 79.3 Å². The molecule has 2 aromatic heterocycles. The highest BCUT2D eigenvalue weighted by molar-refractivity contribution is 5.89. The molecule has 0 radical (unpaired) electrons. The van der Waals surface area contributed by atoms with Gasteiger partial charge >= 0.3 is 6.03 Å². The van der Waals surface area contributed by atoms with Gasteiger partial charge in [0.2, 0.25) is 0 Å². The number of carbonyl (C=O) groups is 1. The maximum Gasteiger partial charge on any atom is 0.320 e. The number of pyridine rings is 1. The maximum absolute atomic E-state index is 13.0. The highest BCUT2D eigenvalue weighted by Gasteiger charge is 2.36. The molecular weight excluding hydrogens is 340 g/mol. The van der Waals surface area contributed by atoms with Crippen LogP contribution in [0.15, 0.2) is 24.5 Å². The number of likely N-dealkylation sites (tertiary alicyclic amines) is 2. The third kappa shape index (κ3) is 3.20. The lowest BCUT2D eigenvalue weighted by atomic mass is 9.92. The van der Waals surface area contributed by atoms with Gasteiger partial charge < -0.3 is 19.7 Å². The van der Waals surface area contributed by atoms with Crippen LogP contribution in [-0.2, 0) is 0 Å². The van der Waals surface area contributed by atoms with Crippen molar-refractivity contribution in [3.63, 3.8) is 0 Å². The summed E-state index contributed by atoms with van der Waals surface area (Å²) in [5, 5.41) is 10.2. The fraction of sp³-hybridized carbons (Fsp3) is 0.550. The van der Waals surface area contributed by atoms with Crippen LogP contribution in [-0.4, -0.2) is 65.1 Å². The Morgan fingerprint density at radius 2 is 2.07 bits per heavy atom. The Kier molecular flexibility index (Phi) is 4.65. The second kappa shape index (κ2) is 7.10. The van der Waals surface area contributed by atoms with Crippen molar-refractivity contribution >= 4 is 22.8 Å². The molecule has 27 heavy (non-hydrogen) atoms. The monoisotopic (exact) mass is 366 g/mol. The molecule has 4 heterocycles. The van der Waals surface area contributed by atoms with Gasteiger partial charge in [-0.3, -0.25) is 0 Å². The van der Waals surface area contributed by atoms with Gasteiger partial charge in [0.1, 0.15) is 5.65 Å². The van der Waals surface area contributed by atoms with Crippen LogP contribution in [0, 0.1) is 23.2 Å². The first-order valence-corrected chi connectivity index (χ1v) is 9.67. The molecule has 2 amide bonds. The minimum atomic E-state index is -0.0187. The van der Waals surface area contributed by atoms with E-state index in [9.17, 15) is 4.79 Å². The van der Waals surface area contributed by atoms with Crippen molar-refractivity contribution in [2.45, 2.75) is 25.8 Å². The van der Waals surface area contributed by atoms with Gasteiger partial charge in [-0.1, -0.05) is 6.92 Å². The van der Waals surface area contributed by atoms with Gasteiger partial charge in [-0.15, -0.1) is 0 Å². The fourth-order valence-corrected chi connectivity index (χ4v) is 4.40. The summed E-state index contributed by atoms with van der Waals surface area (Å²) in [4.78, 5) is 26.6. The zero-order valence-corrected chi connectivity index (χ0v) is 15.9. The van der Waals surface area contributed by atoms with E-state index < -0.39 is 0 Å². The number of nitrogens with one attached hydrogen (secondary N) is 1. The predicted molar refractivity (Wildman–Crippen MR) is 104 cm³/mol. The lowest BCUT2D eigenvalue weighted by molar-refractivity contribution is 0.132. The van der Waals surface area contributed by atoms with Crippen LogP contribution in [0.1, 0.15) is 19.8 Å². The lowest BCUT2D eigenvalue weighted by Gasteiger charge is -2.43. The first-order valence-electron chi connectivity index (χ1n) is 9.67. The predicted octanol–water partition coefficient (Wildman–Crippen LogP) is 2.67. The number of piperidine rings is 1. The number of likely N-dealkylation sites (N-methyl/N-ethyl adjacent to an activating group) is 1. The van der Waals surface area contributed by atoms with Crippen LogP contribution in [0.5, 0.6) is 0 Å². The second-order valence-corrected chi connectivity index (χ2v) is 7.80. The summed E-state index contributed by atoms with van der Waals surface area (Å²) in [6, 6.07) is 6.72. The number of aromatic amines is 1. The molecule has 2 aliphatic rings. The summed E-state index contributed by atoms with van der Waals surface area (Å²) in [6.45, 7) is 5.01. The highest BCUT2D eigenvalue weighted by Crippen LogP contribution is 2.31. The minimum Gasteiger partial charge on any atom is -0.369 e. The highest BCUT2D eigenvalue weighted by atomic mass is 16.2. The first kappa shape index (κ1) is 17.7. The van der Waals surface area contributed by atoms with Gasteiger partial charge in [-0.05, 0) is 30.9 Å². The number of hydrogen-bond donors (Lipinski definition) is 1. The Labute approximate surface area is 159 Å². The standard InChI is InChI=1S/C20H26N6O/c1-14-5-9-26(20(27)25-10-6-15(11-21)12-25)13-18(14)24(2)17-4-8-23-19-16(17)3-7-22-19/h3-4,7-8,14-15,18H,5-6,9-10,12-13H2,1-2H3,(H,22,23)/t14-,15-,18+/m1/s1. The van der Waals surface area contributed by atoms with Gasteiger partial charge in [0.15, 0.2) is 0 Å². The van der Waals surface area contributed by atoms with Crippen LogP contribution in [0.4, 0.5) is 10.5 Å². The summed E-state index contributed by atoms with van der Waals surface area (Å²) in [7, 11) is 2.11. The number of anilines is 1. The number of amides is 2. The molecule has 0 bridgehead atoms. The zero-order valence-electron chi connectivity index (χ0n) is 15.9. The van der Waals surface area contributed by atoms with Crippen LogP contribution < -0.4 is 4.90 Å². The molecule has 4 rings (SSSR count). The SMILES string of the molecule is C[C@@H]1CCN(C(=O)N2CC[C@H](C#N)C2)C[C@@H]1N(C)c1ccnc2[nH]ccc12. The number of urea groups is 1. The van der Waals surface area contributed by atoms with Crippen LogP contribution >= 0.6 is 0 Å². The van der Waals surface area contributed by atoms with E-state index in [1.807, 2.05) is 28.3 Å². The van der Waals surface area contributed by atoms with Crippen molar-refractivity contribution in [1.29, 1.82) is 5.26 Å². The molecule has 0 spiro atoms. The molecule has 2 saturated heterocycles. The van der Waals surface area contributed by atoms with E-state index in [1.165, 1.54) is 0 Å². The Bertz CT molecular complexity index is 871. The quantitative estimate of drug-likeness (QED) is 0.886. The summed E-state index contributed by atoms with van der Waals surface area (Å²) < 4.78 is 0. The van der Waals surface area contributed by atoms with Gasteiger partial charge in [0, 0.05) is 62.7 Å². The molecule has 0 aliphatic carbocycles. The van der Waals surface area contributed by atoms with Crippen molar-refractivity contribution in [1.82, 2.24) is 19.8 Å². The summed E-state index contributed by atoms with van der Waals surface area (Å²) in [5.41, 5.74) is 2.02. The average Bonchev–Trinajstić information content (AvgIpc) is 3.36. The maximum atomic E-state index is 13.0. The van der Waals surface area contributed by atoms with Crippen molar-refractivity contribution in [3.8, 4) is 6.07 Å². The lowest BCUT2D eigenvalue weighted by Crippen LogP contribution is -2.55. The van der Waals surface area contributed by atoms with Gasteiger partial charge in [-0.25, -0.2) is 9.78 Å². The Morgan fingerprint density at radius 3 is 2.85 bits per heavy atom. The molecule has 2 aliphatic heterocycles. The summed E-state index contributed by atoms with van der Waals surface area (Å²) >= 11 is 0. The molecule has 0 aromatic carbocycles.